The molecule has 0 aliphatic carbocycles. The monoisotopic (exact) mass is 448 g/mol. The lowest BCUT2D eigenvalue weighted by atomic mass is 9.85. The highest BCUT2D eigenvalue weighted by Crippen LogP contribution is 2.23. The number of nitrogens with zero attached hydrogens (tertiary/aromatic N) is 5. The smallest absolute Gasteiger partial charge is 0.245 e. The first kappa shape index (κ1) is 25.5. The van der Waals surface area contributed by atoms with Crippen LogP contribution in [0.25, 0.3) is 0 Å². The third-order valence-electron chi connectivity index (χ3n) is 5.63. The first-order chi connectivity index (χ1) is 15.2. The van der Waals surface area contributed by atoms with Gasteiger partial charge in [-0.3, -0.25) is 19.6 Å². The van der Waals surface area contributed by atoms with Crippen LogP contribution in [-0.2, 0) is 14.4 Å². The highest BCUT2D eigenvalue weighted by atomic mass is 16.5. The molecule has 10 nitrogen and oxygen atoms in total. The molecule has 0 spiro atoms. The van der Waals surface area contributed by atoms with Gasteiger partial charge in [0.05, 0.1) is 12.5 Å². The number of hydrogen-bond acceptors (Lipinski definition) is 7. The first-order valence-corrected chi connectivity index (χ1v) is 11.2. The number of amides is 3. The number of nitrogens with one attached hydrogen (secondary N) is 1. The SMILES string of the molecule is CCCC[C@H](CN(O)C=O)C(=O)NC(C(=O)N1CCN(c2ncccn2)CC1)C(C)(C)C. The number of piperazine rings is 1. The van der Waals surface area contributed by atoms with Crippen LogP contribution < -0.4 is 10.2 Å². The largest absolute Gasteiger partial charge is 0.344 e. The van der Waals surface area contributed by atoms with Crippen molar-refractivity contribution < 1.29 is 19.6 Å². The standard InChI is InChI=1S/C22H36N6O4/c1-5-6-8-17(15-28(32)16-29)19(30)25-18(22(2,3)4)20(31)26-11-13-27(14-12-26)21-23-9-7-10-24-21/h7,9-10,16-18,32H,5-6,8,11-15H2,1-4H3,(H,25,30)/t17-,18?/m1/s1. The summed E-state index contributed by atoms with van der Waals surface area (Å²) in [5.74, 6) is -0.411. The normalized spacial score (nSPS) is 16.3. The van der Waals surface area contributed by atoms with Gasteiger partial charge < -0.3 is 15.1 Å². The highest BCUT2D eigenvalue weighted by Gasteiger charge is 2.38. The van der Waals surface area contributed by atoms with Crippen molar-refractivity contribution >= 4 is 24.2 Å². The third kappa shape index (κ3) is 7.15. The van der Waals surface area contributed by atoms with Crippen molar-refractivity contribution in [3.8, 4) is 0 Å². The minimum absolute atomic E-state index is 0.101. The molecule has 1 unspecified atom stereocenters. The molecule has 1 aliphatic rings. The van der Waals surface area contributed by atoms with E-state index in [1.54, 1.807) is 23.4 Å². The van der Waals surface area contributed by atoms with Crippen molar-refractivity contribution in [2.45, 2.75) is 53.0 Å². The van der Waals surface area contributed by atoms with Gasteiger partial charge in [-0.05, 0) is 17.9 Å². The first-order valence-electron chi connectivity index (χ1n) is 11.2. The summed E-state index contributed by atoms with van der Waals surface area (Å²) in [6, 6.07) is 1.04. The van der Waals surface area contributed by atoms with Crippen LogP contribution in [0.5, 0.6) is 0 Å². The predicted molar refractivity (Wildman–Crippen MR) is 120 cm³/mol. The van der Waals surface area contributed by atoms with Crippen LogP contribution in [-0.4, -0.2) is 82.1 Å². The Hall–Kier alpha value is -2.75. The van der Waals surface area contributed by atoms with Crippen molar-refractivity contribution in [3.63, 3.8) is 0 Å². The minimum atomic E-state index is -0.720. The molecule has 0 saturated carbocycles. The molecule has 2 N–H and O–H groups in total. The Balaban J connectivity index is 2.06. The van der Waals surface area contributed by atoms with E-state index in [9.17, 15) is 19.6 Å². The number of hydrogen-bond donors (Lipinski definition) is 2. The lowest BCUT2D eigenvalue weighted by Gasteiger charge is -2.40. The van der Waals surface area contributed by atoms with Crippen LogP contribution in [0.4, 0.5) is 5.95 Å². The maximum Gasteiger partial charge on any atom is 0.245 e. The molecule has 0 aromatic carbocycles. The predicted octanol–water partition coefficient (Wildman–Crippen LogP) is 1.31. The van der Waals surface area contributed by atoms with Crippen LogP contribution >= 0.6 is 0 Å². The van der Waals surface area contributed by atoms with Gasteiger partial charge in [0.1, 0.15) is 6.04 Å². The fourth-order valence-electron chi connectivity index (χ4n) is 3.70. The zero-order valence-corrected chi connectivity index (χ0v) is 19.5. The number of unbranched alkanes of at least 4 members (excludes halogenated alkanes) is 1. The van der Waals surface area contributed by atoms with Crippen molar-refractivity contribution in [1.82, 2.24) is 25.2 Å². The molecule has 1 saturated heterocycles. The van der Waals surface area contributed by atoms with Crippen molar-refractivity contribution in [2.24, 2.45) is 11.3 Å². The second-order valence-electron chi connectivity index (χ2n) is 9.24. The summed E-state index contributed by atoms with van der Waals surface area (Å²) in [4.78, 5) is 49.6. The summed E-state index contributed by atoms with van der Waals surface area (Å²) in [7, 11) is 0. The Morgan fingerprint density at radius 3 is 2.38 bits per heavy atom. The number of aromatic nitrogens is 2. The van der Waals surface area contributed by atoms with E-state index in [0.29, 0.717) is 43.6 Å². The average molecular weight is 449 g/mol. The molecule has 178 valence electrons. The van der Waals surface area contributed by atoms with Crippen LogP contribution in [0.2, 0.25) is 0 Å². The van der Waals surface area contributed by atoms with Gasteiger partial charge in [-0.1, -0.05) is 40.5 Å². The Morgan fingerprint density at radius 1 is 1.22 bits per heavy atom. The summed E-state index contributed by atoms with van der Waals surface area (Å²) in [6.07, 6.45) is 5.86. The molecule has 0 bridgehead atoms. The molecular formula is C22H36N6O4. The summed E-state index contributed by atoms with van der Waals surface area (Å²) in [5.41, 5.74) is -0.509. The van der Waals surface area contributed by atoms with Crippen LogP contribution in [0.1, 0.15) is 47.0 Å². The summed E-state index contributed by atoms with van der Waals surface area (Å²) in [6.45, 7) is 9.88. The van der Waals surface area contributed by atoms with Crippen molar-refractivity contribution in [2.75, 3.05) is 37.6 Å². The Bertz CT molecular complexity index is 747. The van der Waals surface area contributed by atoms with Crippen LogP contribution in [0.15, 0.2) is 18.5 Å². The van der Waals surface area contributed by atoms with Crippen molar-refractivity contribution in [1.29, 1.82) is 0 Å². The summed E-state index contributed by atoms with van der Waals surface area (Å²) < 4.78 is 0. The third-order valence-corrected chi connectivity index (χ3v) is 5.63. The Labute approximate surface area is 189 Å². The van der Waals surface area contributed by atoms with Gasteiger partial charge in [0.2, 0.25) is 24.2 Å². The van der Waals surface area contributed by atoms with E-state index in [0.717, 1.165) is 12.8 Å². The zero-order chi connectivity index (χ0) is 23.7. The van der Waals surface area contributed by atoms with E-state index >= 15 is 0 Å². The van der Waals surface area contributed by atoms with Gasteiger partial charge in [0, 0.05) is 38.6 Å². The van der Waals surface area contributed by atoms with Gasteiger partial charge in [0.15, 0.2) is 0 Å². The number of anilines is 1. The lowest BCUT2D eigenvalue weighted by Crippen LogP contribution is -2.59. The van der Waals surface area contributed by atoms with E-state index in [1.165, 1.54) is 0 Å². The van der Waals surface area contributed by atoms with E-state index in [1.807, 2.05) is 32.6 Å². The summed E-state index contributed by atoms with van der Waals surface area (Å²) >= 11 is 0. The van der Waals surface area contributed by atoms with Gasteiger partial charge in [-0.25, -0.2) is 15.0 Å². The number of carbonyl (C=O) groups excluding carboxylic acids is 3. The molecule has 3 amide bonds. The molecule has 1 aromatic rings. The quantitative estimate of drug-likeness (QED) is 0.315. The minimum Gasteiger partial charge on any atom is -0.344 e. The topological polar surface area (TPSA) is 119 Å². The van der Waals surface area contributed by atoms with Gasteiger partial charge in [-0.2, -0.15) is 0 Å². The molecule has 32 heavy (non-hydrogen) atoms. The number of carbonyl (C=O) groups is 3. The second-order valence-corrected chi connectivity index (χ2v) is 9.24. The van der Waals surface area contributed by atoms with Gasteiger partial charge in [-0.15, -0.1) is 0 Å². The van der Waals surface area contributed by atoms with Crippen LogP contribution in [0, 0.1) is 11.3 Å². The van der Waals surface area contributed by atoms with E-state index in [2.05, 4.69) is 15.3 Å². The second kappa shape index (κ2) is 11.8. The fraction of sp³-hybridized carbons (Fsp3) is 0.682. The molecule has 1 aliphatic heterocycles. The maximum atomic E-state index is 13.4. The van der Waals surface area contributed by atoms with Gasteiger partial charge >= 0.3 is 0 Å². The molecular weight excluding hydrogens is 412 g/mol. The van der Waals surface area contributed by atoms with E-state index in [-0.39, 0.29) is 24.8 Å². The number of hydroxylamine groups is 2. The van der Waals surface area contributed by atoms with E-state index in [4.69, 9.17) is 0 Å². The molecule has 2 rings (SSSR count). The molecule has 2 atom stereocenters. The van der Waals surface area contributed by atoms with Gasteiger partial charge in [0.25, 0.3) is 0 Å². The molecule has 2 heterocycles. The molecule has 0 radical (unpaired) electrons. The van der Waals surface area contributed by atoms with E-state index < -0.39 is 17.4 Å². The van der Waals surface area contributed by atoms with Crippen LogP contribution in [0.3, 0.4) is 0 Å². The number of rotatable bonds is 10. The maximum absolute atomic E-state index is 13.4. The lowest BCUT2D eigenvalue weighted by molar-refractivity contribution is -0.155. The molecule has 10 heteroatoms. The average Bonchev–Trinajstić information content (AvgIpc) is 2.79. The highest BCUT2D eigenvalue weighted by molar-refractivity contribution is 5.89. The molecule has 1 aromatic heterocycles. The molecule has 1 fully saturated rings. The zero-order valence-electron chi connectivity index (χ0n) is 19.5. The summed E-state index contributed by atoms with van der Waals surface area (Å²) in [5, 5.41) is 13.0. The Kier molecular flexibility index (Phi) is 9.37. The fourth-order valence-corrected chi connectivity index (χ4v) is 3.70. The Morgan fingerprint density at radius 2 is 1.84 bits per heavy atom. The van der Waals surface area contributed by atoms with Crippen molar-refractivity contribution in [3.05, 3.63) is 18.5 Å².